The highest BCUT2D eigenvalue weighted by atomic mass is 127. The number of carbonyl (C=O) groups is 1. The molecular formula is C22H15ClIN3O2S2. The molecule has 1 aromatic heterocycles. The molecule has 0 radical (unpaired) electrons. The lowest BCUT2D eigenvalue weighted by Gasteiger charge is -2.14. The number of halogens is 2. The lowest BCUT2D eigenvalue weighted by Crippen LogP contribution is -2.34. The van der Waals surface area contributed by atoms with Gasteiger partial charge in [0.1, 0.15) is 10.8 Å². The lowest BCUT2D eigenvalue weighted by molar-refractivity contribution is 0.0978. The fraction of sp³-hybridized carbons (Fsp3) is 0.0455. The Morgan fingerprint density at radius 3 is 2.74 bits per heavy atom. The summed E-state index contributed by atoms with van der Waals surface area (Å²) in [5, 5.41) is 7.09. The summed E-state index contributed by atoms with van der Waals surface area (Å²) in [5.74, 6) is 0.205. The number of fused-ring (bicyclic) bond motifs is 1. The highest BCUT2D eigenvalue weighted by molar-refractivity contribution is 14.1. The summed E-state index contributed by atoms with van der Waals surface area (Å²) < 4.78 is 7.46. The number of anilines is 1. The number of para-hydroxylation sites is 1. The van der Waals surface area contributed by atoms with Crippen molar-refractivity contribution in [3.8, 4) is 16.3 Å². The minimum atomic E-state index is -0.387. The molecule has 4 rings (SSSR count). The van der Waals surface area contributed by atoms with Crippen LogP contribution in [0.5, 0.6) is 5.75 Å². The molecular weight excluding hydrogens is 565 g/mol. The molecule has 0 fully saturated rings. The van der Waals surface area contributed by atoms with Crippen LogP contribution in [0, 0.1) is 3.57 Å². The van der Waals surface area contributed by atoms with Gasteiger partial charge in [0.15, 0.2) is 5.11 Å². The van der Waals surface area contributed by atoms with Gasteiger partial charge in [-0.3, -0.25) is 10.1 Å². The Labute approximate surface area is 206 Å². The third kappa shape index (κ3) is 4.98. The van der Waals surface area contributed by atoms with Crippen LogP contribution in [0.25, 0.3) is 20.8 Å². The number of thiocarbonyl (C=S) groups is 1. The van der Waals surface area contributed by atoms with Gasteiger partial charge in [-0.15, -0.1) is 11.3 Å². The summed E-state index contributed by atoms with van der Waals surface area (Å²) >= 11 is 15.2. The predicted octanol–water partition coefficient (Wildman–Crippen LogP) is 6.36. The van der Waals surface area contributed by atoms with Gasteiger partial charge >= 0.3 is 0 Å². The molecule has 31 heavy (non-hydrogen) atoms. The Kier molecular flexibility index (Phi) is 6.71. The van der Waals surface area contributed by atoms with Crippen molar-refractivity contribution in [3.63, 3.8) is 0 Å². The van der Waals surface area contributed by atoms with Crippen LogP contribution in [-0.4, -0.2) is 23.1 Å². The Morgan fingerprint density at radius 1 is 1.16 bits per heavy atom. The molecule has 3 aromatic carbocycles. The van der Waals surface area contributed by atoms with Crippen molar-refractivity contribution < 1.29 is 9.53 Å². The van der Waals surface area contributed by atoms with Crippen LogP contribution < -0.4 is 15.4 Å². The van der Waals surface area contributed by atoms with Crippen LogP contribution in [0.2, 0.25) is 5.02 Å². The molecule has 0 saturated heterocycles. The number of rotatable bonds is 4. The number of hydrogen-bond donors (Lipinski definition) is 2. The van der Waals surface area contributed by atoms with Gasteiger partial charge in [-0.25, -0.2) is 4.98 Å². The molecule has 0 aliphatic heterocycles. The van der Waals surface area contributed by atoms with E-state index in [0.29, 0.717) is 22.0 Å². The van der Waals surface area contributed by atoms with Crippen LogP contribution in [0.4, 0.5) is 5.69 Å². The average Bonchev–Trinajstić information content (AvgIpc) is 3.19. The monoisotopic (exact) mass is 579 g/mol. The van der Waals surface area contributed by atoms with Crippen LogP contribution in [0.3, 0.4) is 0 Å². The molecule has 0 unspecified atom stereocenters. The zero-order chi connectivity index (χ0) is 22.0. The van der Waals surface area contributed by atoms with E-state index in [9.17, 15) is 4.79 Å². The number of hydrogen-bond acceptors (Lipinski definition) is 5. The number of ether oxygens (including phenoxy) is 1. The minimum absolute atomic E-state index is 0.139. The summed E-state index contributed by atoms with van der Waals surface area (Å²) in [5.41, 5.74) is 2.84. The third-order valence-corrected chi connectivity index (χ3v) is 6.68. The summed E-state index contributed by atoms with van der Waals surface area (Å²) in [6.45, 7) is 0. The summed E-state index contributed by atoms with van der Waals surface area (Å²) in [6.07, 6.45) is 0. The molecule has 0 bridgehead atoms. The van der Waals surface area contributed by atoms with E-state index in [0.717, 1.165) is 24.4 Å². The fourth-order valence-electron chi connectivity index (χ4n) is 2.93. The summed E-state index contributed by atoms with van der Waals surface area (Å²) in [7, 11) is 1.57. The Morgan fingerprint density at radius 2 is 1.97 bits per heavy atom. The van der Waals surface area contributed by atoms with Gasteiger partial charge in [-0.1, -0.05) is 23.7 Å². The fourth-order valence-corrected chi connectivity index (χ4v) is 4.79. The van der Waals surface area contributed by atoms with Gasteiger partial charge in [-0.05, 0) is 83.3 Å². The van der Waals surface area contributed by atoms with Crippen LogP contribution in [-0.2, 0) is 0 Å². The van der Waals surface area contributed by atoms with Gasteiger partial charge in [0, 0.05) is 9.13 Å². The van der Waals surface area contributed by atoms with Crippen molar-refractivity contribution in [1.29, 1.82) is 0 Å². The van der Waals surface area contributed by atoms with Crippen molar-refractivity contribution in [2.24, 2.45) is 0 Å². The molecule has 0 saturated carbocycles. The molecule has 0 spiro atoms. The SMILES string of the molecule is COc1ccc(-c2nc3ccccc3s2)cc1NC(=S)NC(=O)c1cc(I)ccc1Cl. The highest BCUT2D eigenvalue weighted by Crippen LogP contribution is 2.34. The topological polar surface area (TPSA) is 63.2 Å². The maximum absolute atomic E-state index is 12.6. The zero-order valence-corrected chi connectivity index (χ0v) is 20.7. The maximum Gasteiger partial charge on any atom is 0.258 e. The normalized spacial score (nSPS) is 10.7. The van der Waals surface area contributed by atoms with Gasteiger partial charge in [0.05, 0.1) is 33.6 Å². The molecule has 156 valence electrons. The van der Waals surface area contributed by atoms with E-state index in [1.807, 2.05) is 48.5 Å². The molecule has 1 amide bonds. The molecule has 0 atom stereocenters. The van der Waals surface area contributed by atoms with Crippen molar-refractivity contribution >= 4 is 84.7 Å². The molecule has 0 aliphatic rings. The molecule has 2 N–H and O–H groups in total. The zero-order valence-electron chi connectivity index (χ0n) is 16.1. The quantitative estimate of drug-likeness (QED) is 0.218. The van der Waals surface area contributed by atoms with Gasteiger partial charge in [0.2, 0.25) is 0 Å². The first-order valence-corrected chi connectivity index (χ1v) is 11.7. The molecule has 0 aliphatic carbocycles. The average molecular weight is 580 g/mol. The number of methoxy groups -OCH3 is 1. The van der Waals surface area contributed by atoms with Gasteiger partial charge in [0.25, 0.3) is 5.91 Å². The number of carbonyl (C=O) groups excluding carboxylic acids is 1. The van der Waals surface area contributed by atoms with E-state index in [2.05, 4.69) is 33.2 Å². The van der Waals surface area contributed by atoms with Crippen LogP contribution in [0.15, 0.2) is 60.7 Å². The largest absolute Gasteiger partial charge is 0.495 e. The number of thiazole rings is 1. The second-order valence-corrected chi connectivity index (χ2v) is 9.53. The number of benzene rings is 3. The number of aromatic nitrogens is 1. The second-order valence-electron chi connectivity index (χ2n) is 6.43. The Hall–Kier alpha value is -2.27. The van der Waals surface area contributed by atoms with Crippen molar-refractivity contribution in [2.75, 3.05) is 12.4 Å². The maximum atomic E-state index is 12.6. The lowest BCUT2D eigenvalue weighted by atomic mass is 10.2. The minimum Gasteiger partial charge on any atom is -0.495 e. The van der Waals surface area contributed by atoms with Crippen LogP contribution in [0.1, 0.15) is 10.4 Å². The highest BCUT2D eigenvalue weighted by Gasteiger charge is 2.15. The number of amides is 1. The van der Waals surface area contributed by atoms with Gasteiger partial charge < -0.3 is 10.1 Å². The van der Waals surface area contributed by atoms with E-state index >= 15 is 0 Å². The van der Waals surface area contributed by atoms with Gasteiger partial charge in [-0.2, -0.15) is 0 Å². The number of nitrogens with one attached hydrogen (secondary N) is 2. The molecule has 9 heteroatoms. The van der Waals surface area contributed by atoms with E-state index in [4.69, 9.17) is 33.5 Å². The second kappa shape index (κ2) is 9.47. The first-order chi connectivity index (χ1) is 14.9. The van der Waals surface area contributed by atoms with Crippen molar-refractivity contribution in [2.45, 2.75) is 0 Å². The standard InChI is InChI=1S/C22H15ClIN3O2S2/c1-29-18-9-6-12(21-25-16-4-2-3-5-19(16)31-21)10-17(18)26-22(30)27-20(28)14-11-13(24)7-8-15(14)23/h2-11H,1H3,(H2,26,27,28,30). The first kappa shape index (κ1) is 21.9. The van der Waals surface area contributed by atoms with E-state index in [-0.39, 0.29) is 11.0 Å². The number of nitrogens with zero attached hydrogens (tertiary/aromatic N) is 1. The molecule has 5 nitrogen and oxygen atoms in total. The smallest absolute Gasteiger partial charge is 0.258 e. The summed E-state index contributed by atoms with van der Waals surface area (Å²) in [6, 6.07) is 18.9. The third-order valence-electron chi connectivity index (χ3n) is 4.39. The Balaban J connectivity index is 1.57. The van der Waals surface area contributed by atoms with E-state index in [1.165, 1.54) is 0 Å². The summed E-state index contributed by atoms with van der Waals surface area (Å²) in [4.78, 5) is 17.3. The van der Waals surface area contributed by atoms with Crippen molar-refractivity contribution in [3.05, 3.63) is 74.8 Å². The molecule has 4 aromatic rings. The van der Waals surface area contributed by atoms with E-state index in [1.54, 1.807) is 30.6 Å². The van der Waals surface area contributed by atoms with E-state index < -0.39 is 0 Å². The predicted molar refractivity (Wildman–Crippen MR) is 139 cm³/mol. The first-order valence-electron chi connectivity index (χ1n) is 9.06. The van der Waals surface area contributed by atoms with Crippen LogP contribution >= 0.6 is 57.7 Å². The Bertz CT molecular complexity index is 1280. The van der Waals surface area contributed by atoms with Crippen molar-refractivity contribution in [1.82, 2.24) is 10.3 Å². The molecule has 1 heterocycles.